The van der Waals surface area contributed by atoms with Crippen molar-refractivity contribution in [3.8, 4) is 22.5 Å². The van der Waals surface area contributed by atoms with Crippen LogP contribution < -0.4 is 5.73 Å². The third-order valence-electron chi connectivity index (χ3n) is 4.14. The fraction of sp³-hybridized carbons (Fsp3) is 0.0556. The minimum absolute atomic E-state index is 0.00206. The number of halogens is 1. The molecule has 0 fully saturated rings. The zero-order valence-electron chi connectivity index (χ0n) is 14.5. The van der Waals surface area contributed by atoms with E-state index in [9.17, 15) is 4.39 Å². The van der Waals surface area contributed by atoms with Gasteiger partial charge >= 0.3 is 0 Å². The van der Waals surface area contributed by atoms with Crippen LogP contribution in [0.15, 0.2) is 48.8 Å². The molecule has 0 atom stereocenters. The molecule has 4 aromatic rings. The van der Waals surface area contributed by atoms with Gasteiger partial charge in [0.1, 0.15) is 23.5 Å². The molecule has 6 radical (unpaired) electrons. The summed E-state index contributed by atoms with van der Waals surface area (Å²) in [5.74, 6) is -0.365. The summed E-state index contributed by atoms with van der Waals surface area (Å²) >= 11 is 0. The summed E-state index contributed by atoms with van der Waals surface area (Å²) in [7, 11) is 17.5. The van der Waals surface area contributed by atoms with E-state index in [0.29, 0.717) is 33.4 Å². The Morgan fingerprint density at radius 1 is 0.857 bits per heavy atom. The minimum atomic E-state index is -1.65. The number of hydrogen-bond acceptors (Lipinski definition) is 6. The van der Waals surface area contributed by atoms with Crippen molar-refractivity contribution < 1.29 is 4.39 Å². The molecule has 0 saturated heterocycles. The van der Waals surface area contributed by atoms with E-state index in [4.69, 9.17) is 29.3 Å². The molecule has 28 heavy (non-hydrogen) atoms. The molecule has 4 rings (SSSR count). The first kappa shape index (κ1) is 18.1. The maximum absolute atomic E-state index is 13.3. The second-order valence-corrected chi connectivity index (χ2v) is 6.26. The van der Waals surface area contributed by atoms with Crippen LogP contribution in [0.1, 0.15) is 5.69 Å². The quantitative estimate of drug-likeness (QED) is 0.556. The Morgan fingerprint density at radius 2 is 1.57 bits per heavy atom. The summed E-state index contributed by atoms with van der Waals surface area (Å²) in [4.78, 5) is 12.6. The van der Waals surface area contributed by atoms with Crippen molar-refractivity contribution in [1.82, 2.24) is 25.1 Å². The fourth-order valence-electron chi connectivity index (χ4n) is 2.89. The zero-order chi connectivity index (χ0) is 19.9. The Balaban J connectivity index is 1.95. The molecule has 2 N–H and O–H groups in total. The van der Waals surface area contributed by atoms with E-state index in [2.05, 4.69) is 25.1 Å². The number of nitrogens with zero attached hydrogens (tertiary/aromatic N) is 5. The maximum Gasteiger partial charge on any atom is 0.240 e. The van der Waals surface area contributed by atoms with Crippen molar-refractivity contribution in [2.75, 3.05) is 5.73 Å². The summed E-state index contributed by atoms with van der Waals surface area (Å²) in [5, 5.41) is 6.95. The maximum atomic E-state index is 13.3. The summed E-state index contributed by atoms with van der Waals surface area (Å²) in [6, 6.07) is 11.1. The van der Waals surface area contributed by atoms with Crippen molar-refractivity contribution in [2.45, 2.75) is 5.11 Å². The Labute approximate surface area is 164 Å². The topological polar surface area (TPSA) is 90.5 Å². The lowest BCUT2D eigenvalue weighted by atomic mass is 9.41. The highest BCUT2D eigenvalue weighted by atomic mass is 19.1. The van der Waals surface area contributed by atoms with Crippen molar-refractivity contribution in [3.05, 3.63) is 60.3 Å². The predicted molar refractivity (Wildman–Crippen MR) is 107 cm³/mol. The minimum Gasteiger partial charge on any atom is -0.366 e. The van der Waals surface area contributed by atoms with Gasteiger partial charge in [-0.2, -0.15) is 0 Å². The Hall–Kier alpha value is -3.29. The van der Waals surface area contributed by atoms with Gasteiger partial charge in [-0.25, -0.2) is 19.3 Å². The van der Waals surface area contributed by atoms with Crippen LogP contribution in [0, 0.1) is 5.82 Å². The number of rotatable bonds is 3. The van der Waals surface area contributed by atoms with Gasteiger partial charge < -0.3 is 5.73 Å². The van der Waals surface area contributed by atoms with Crippen molar-refractivity contribution >= 4 is 40.4 Å². The summed E-state index contributed by atoms with van der Waals surface area (Å²) < 4.78 is 13.3. The molecule has 0 bridgehead atoms. The molecule has 0 saturated carbocycles. The number of nitrogen functional groups attached to an aromatic ring is 1. The van der Waals surface area contributed by atoms with E-state index in [-0.39, 0.29) is 17.5 Å². The van der Waals surface area contributed by atoms with Crippen LogP contribution in [0.25, 0.3) is 33.4 Å². The smallest absolute Gasteiger partial charge is 0.240 e. The fourth-order valence-corrected chi connectivity index (χ4v) is 2.89. The molecule has 2 aromatic carbocycles. The molecular formula is C18H10B3FN6. The normalized spacial score (nSPS) is 11.6. The van der Waals surface area contributed by atoms with Gasteiger partial charge in [0.15, 0.2) is 0 Å². The Kier molecular flexibility index (Phi) is 4.33. The molecule has 0 aliphatic carbocycles. The molecule has 0 aliphatic heterocycles. The Bertz CT molecular complexity index is 1180. The lowest BCUT2D eigenvalue weighted by Crippen LogP contribution is -2.28. The van der Waals surface area contributed by atoms with Crippen LogP contribution in [-0.4, -0.2) is 48.7 Å². The number of anilines is 1. The van der Waals surface area contributed by atoms with Gasteiger partial charge in [-0.1, -0.05) is 11.2 Å². The third kappa shape index (κ3) is 3.33. The largest absolute Gasteiger partial charge is 0.366 e. The van der Waals surface area contributed by atoms with E-state index in [1.807, 2.05) is 0 Å². The van der Waals surface area contributed by atoms with Crippen LogP contribution >= 0.6 is 0 Å². The van der Waals surface area contributed by atoms with Gasteiger partial charge in [-0.15, -0.1) is 10.2 Å². The van der Waals surface area contributed by atoms with Gasteiger partial charge in [0.2, 0.25) is 5.95 Å². The average Bonchev–Trinajstić information content (AvgIpc) is 2.67. The second kappa shape index (κ2) is 6.71. The van der Waals surface area contributed by atoms with Crippen LogP contribution in [0.4, 0.5) is 10.3 Å². The molecule has 128 valence electrons. The van der Waals surface area contributed by atoms with Gasteiger partial charge in [0, 0.05) is 22.2 Å². The van der Waals surface area contributed by atoms with Gasteiger partial charge in [-0.05, 0) is 36.4 Å². The van der Waals surface area contributed by atoms with E-state index < -0.39 is 5.11 Å². The number of fused-ring (bicyclic) bond motifs is 1. The van der Waals surface area contributed by atoms with Gasteiger partial charge in [0.05, 0.1) is 29.1 Å². The average molecular weight is 362 g/mol. The van der Waals surface area contributed by atoms with E-state index in [0.717, 1.165) is 0 Å². The van der Waals surface area contributed by atoms with Crippen LogP contribution in [-0.2, 0) is 5.11 Å². The van der Waals surface area contributed by atoms with Crippen LogP contribution in [0.3, 0.4) is 0 Å². The summed E-state index contributed by atoms with van der Waals surface area (Å²) in [6.07, 6.45) is 1.34. The molecule has 0 unspecified atom stereocenters. The molecule has 2 heterocycles. The SMILES string of the molecule is [B]C([B])([B])c1ncnc2ccc(-c3nnc(N)nc3-c3ccc(F)cc3)cc12. The number of benzene rings is 2. The number of nitrogens with two attached hydrogens (primary N) is 1. The second-order valence-electron chi connectivity index (χ2n) is 6.26. The summed E-state index contributed by atoms with van der Waals surface area (Å²) in [5.41, 5.74) is 8.77. The molecule has 2 aromatic heterocycles. The van der Waals surface area contributed by atoms with Crippen LogP contribution in [0.5, 0.6) is 0 Å². The zero-order valence-corrected chi connectivity index (χ0v) is 14.5. The van der Waals surface area contributed by atoms with Crippen molar-refractivity contribution in [3.63, 3.8) is 0 Å². The molecule has 6 nitrogen and oxygen atoms in total. The lowest BCUT2D eigenvalue weighted by molar-refractivity contribution is 0.628. The van der Waals surface area contributed by atoms with E-state index in [1.165, 1.54) is 18.5 Å². The number of hydrogen-bond donors (Lipinski definition) is 1. The molecule has 0 spiro atoms. The van der Waals surface area contributed by atoms with Gasteiger partial charge in [-0.3, -0.25) is 0 Å². The molecule has 0 amide bonds. The van der Waals surface area contributed by atoms with Crippen LogP contribution in [0.2, 0.25) is 0 Å². The first-order valence-electron chi connectivity index (χ1n) is 8.21. The van der Waals surface area contributed by atoms with Crippen molar-refractivity contribution in [1.29, 1.82) is 0 Å². The molecule has 10 heteroatoms. The lowest BCUT2D eigenvalue weighted by Gasteiger charge is -2.21. The van der Waals surface area contributed by atoms with E-state index in [1.54, 1.807) is 30.3 Å². The Morgan fingerprint density at radius 3 is 2.29 bits per heavy atom. The van der Waals surface area contributed by atoms with E-state index >= 15 is 0 Å². The molecule has 0 aliphatic rings. The highest BCUT2D eigenvalue weighted by Crippen LogP contribution is 2.32. The summed E-state index contributed by atoms with van der Waals surface area (Å²) in [6.45, 7) is 0. The first-order chi connectivity index (χ1) is 13.3. The highest BCUT2D eigenvalue weighted by molar-refractivity contribution is 6.59. The highest BCUT2D eigenvalue weighted by Gasteiger charge is 2.19. The monoisotopic (exact) mass is 362 g/mol. The molecular weight excluding hydrogens is 352 g/mol. The van der Waals surface area contributed by atoms with Crippen molar-refractivity contribution in [2.24, 2.45) is 0 Å². The predicted octanol–water partition coefficient (Wildman–Crippen LogP) is 1.49. The standard InChI is InChI=1S/C18H10B3FN6/c19-18(20,21)16-12-7-10(3-6-13(12)24-8-25-16)15-14(26-17(23)28-27-15)9-1-4-11(22)5-2-9/h1-8H,(H2,23,26,28). The first-order valence-corrected chi connectivity index (χ1v) is 8.21. The number of aromatic nitrogens is 5. The van der Waals surface area contributed by atoms with Gasteiger partial charge in [0.25, 0.3) is 0 Å². The third-order valence-corrected chi connectivity index (χ3v) is 4.14.